The number of hydrogen-bond acceptors (Lipinski definition) is 4. The molecular formula is C15H9ClN4O2. The Morgan fingerprint density at radius 1 is 1.14 bits per heavy atom. The largest absolute Gasteiger partial charge is 0.288 e. The predicted molar refractivity (Wildman–Crippen MR) is 80.8 cm³/mol. The van der Waals surface area contributed by atoms with Crippen molar-refractivity contribution < 1.29 is 9.59 Å². The second-order valence-electron chi connectivity index (χ2n) is 5.01. The van der Waals surface area contributed by atoms with Crippen LogP contribution in [0, 0.1) is 0 Å². The molecular weight excluding hydrogens is 304 g/mol. The second-order valence-corrected chi connectivity index (χ2v) is 5.44. The second kappa shape index (κ2) is 4.38. The summed E-state index contributed by atoms with van der Waals surface area (Å²) in [6.07, 6.45) is 1.41. The standard InChI is InChI=1S/C15H9ClN4O2/c1-20-13-11(10-9(6-17-13)14(21)18-15(10)22)12(19-20)7-2-4-8(16)5-3-7/h2-6H,1H3,(H,18,21,22). The number of nitrogens with one attached hydrogen (secondary N) is 1. The number of halogens is 1. The normalized spacial score (nSPS) is 13.5. The summed E-state index contributed by atoms with van der Waals surface area (Å²) in [5.74, 6) is -0.851. The maximum atomic E-state index is 12.1. The summed E-state index contributed by atoms with van der Waals surface area (Å²) in [5, 5.41) is 7.93. The van der Waals surface area contributed by atoms with E-state index in [1.165, 1.54) is 6.20 Å². The highest BCUT2D eigenvalue weighted by Gasteiger charge is 2.32. The number of aryl methyl sites for hydroxylation is 1. The number of imide groups is 1. The van der Waals surface area contributed by atoms with Crippen molar-refractivity contribution in [2.75, 3.05) is 0 Å². The molecule has 2 amide bonds. The van der Waals surface area contributed by atoms with Crippen LogP contribution in [0.3, 0.4) is 0 Å². The molecule has 1 aliphatic rings. The minimum atomic E-state index is -0.430. The van der Waals surface area contributed by atoms with Gasteiger partial charge in [0.05, 0.1) is 16.5 Å². The molecule has 3 heterocycles. The zero-order valence-corrected chi connectivity index (χ0v) is 12.2. The molecule has 4 rings (SSSR count). The summed E-state index contributed by atoms with van der Waals surface area (Å²) in [6.45, 7) is 0. The average molecular weight is 313 g/mol. The number of benzene rings is 1. The van der Waals surface area contributed by atoms with Gasteiger partial charge in [0.15, 0.2) is 5.65 Å². The quantitative estimate of drug-likeness (QED) is 0.699. The van der Waals surface area contributed by atoms with Gasteiger partial charge in [-0.25, -0.2) is 9.67 Å². The number of carbonyl (C=O) groups is 2. The first-order valence-electron chi connectivity index (χ1n) is 6.53. The molecule has 1 aromatic carbocycles. The highest BCUT2D eigenvalue weighted by atomic mass is 35.5. The molecule has 3 aromatic rings. The van der Waals surface area contributed by atoms with Crippen LogP contribution in [0.1, 0.15) is 20.7 Å². The Balaban J connectivity index is 2.10. The van der Waals surface area contributed by atoms with E-state index in [9.17, 15) is 9.59 Å². The van der Waals surface area contributed by atoms with E-state index in [0.29, 0.717) is 27.3 Å². The van der Waals surface area contributed by atoms with Gasteiger partial charge in [-0.3, -0.25) is 14.9 Å². The maximum absolute atomic E-state index is 12.1. The predicted octanol–water partition coefficient (Wildman–Crippen LogP) is 2.17. The molecule has 0 atom stereocenters. The molecule has 108 valence electrons. The van der Waals surface area contributed by atoms with Crippen LogP contribution in [0.4, 0.5) is 0 Å². The Labute approximate surface area is 129 Å². The Kier molecular flexibility index (Phi) is 2.58. The summed E-state index contributed by atoms with van der Waals surface area (Å²) in [4.78, 5) is 28.2. The van der Waals surface area contributed by atoms with Crippen molar-refractivity contribution in [2.45, 2.75) is 0 Å². The smallest absolute Gasteiger partial charge is 0.260 e. The topological polar surface area (TPSA) is 76.9 Å². The van der Waals surface area contributed by atoms with Crippen LogP contribution >= 0.6 is 11.6 Å². The van der Waals surface area contributed by atoms with Gasteiger partial charge in [-0.05, 0) is 12.1 Å². The fourth-order valence-electron chi connectivity index (χ4n) is 2.67. The lowest BCUT2D eigenvalue weighted by Gasteiger charge is -2.01. The van der Waals surface area contributed by atoms with Crippen LogP contribution in [-0.2, 0) is 7.05 Å². The van der Waals surface area contributed by atoms with Crippen LogP contribution in [0.2, 0.25) is 5.02 Å². The fraction of sp³-hybridized carbons (Fsp3) is 0.0667. The molecule has 1 N–H and O–H groups in total. The third-order valence-electron chi connectivity index (χ3n) is 3.67. The molecule has 0 fully saturated rings. The van der Waals surface area contributed by atoms with Gasteiger partial charge in [-0.15, -0.1) is 0 Å². The summed E-state index contributed by atoms with van der Waals surface area (Å²) >= 11 is 5.91. The molecule has 7 heteroatoms. The molecule has 0 saturated carbocycles. The Morgan fingerprint density at radius 3 is 2.59 bits per heavy atom. The molecule has 6 nitrogen and oxygen atoms in total. The third-order valence-corrected chi connectivity index (χ3v) is 3.92. The lowest BCUT2D eigenvalue weighted by Crippen LogP contribution is -2.20. The van der Waals surface area contributed by atoms with E-state index in [1.54, 1.807) is 23.9 Å². The number of carbonyl (C=O) groups excluding carboxylic acids is 2. The van der Waals surface area contributed by atoms with Gasteiger partial charge < -0.3 is 0 Å². The van der Waals surface area contributed by atoms with Crippen molar-refractivity contribution in [3.63, 3.8) is 0 Å². The summed E-state index contributed by atoms with van der Waals surface area (Å²) in [7, 11) is 1.75. The van der Waals surface area contributed by atoms with Crippen molar-refractivity contribution >= 4 is 34.4 Å². The molecule has 0 unspecified atom stereocenters. The first-order valence-corrected chi connectivity index (χ1v) is 6.91. The Bertz CT molecular complexity index is 960. The molecule has 0 saturated heterocycles. The lowest BCUT2D eigenvalue weighted by molar-refractivity contribution is 0.0880. The molecule has 0 bridgehead atoms. The minimum absolute atomic E-state index is 0.278. The summed E-state index contributed by atoms with van der Waals surface area (Å²) in [6, 6.07) is 7.13. The van der Waals surface area contributed by atoms with E-state index in [2.05, 4.69) is 15.4 Å². The number of aromatic nitrogens is 3. The molecule has 22 heavy (non-hydrogen) atoms. The van der Waals surface area contributed by atoms with E-state index < -0.39 is 11.8 Å². The first-order chi connectivity index (χ1) is 10.6. The zero-order chi connectivity index (χ0) is 15.4. The average Bonchev–Trinajstić information content (AvgIpc) is 2.98. The van der Waals surface area contributed by atoms with Gasteiger partial charge in [0.25, 0.3) is 11.8 Å². The number of nitrogens with zero attached hydrogens (tertiary/aromatic N) is 3. The van der Waals surface area contributed by atoms with Gasteiger partial charge in [-0.2, -0.15) is 5.10 Å². The van der Waals surface area contributed by atoms with Crippen molar-refractivity contribution in [3.8, 4) is 11.3 Å². The molecule has 2 aromatic heterocycles. The Hall–Kier alpha value is -2.73. The van der Waals surface area contributed by atoms with E-state index in [1.807, 2.05) is 12.1 Å². The van der Waals surface area contributed by atoms with E-state index in [4.69, 9.17) is 11.6 Å². The zero-order valence-electron chi connectivity index (χ0n) is 11.4. The monoisotopic (exact) mass is 312 g/mol. The highest BCUT2D eigenvalue weighted by Crippen LogP contribution is 2.33. The van der Waals surface area contributed by atoms with Crippen molar-refractivity contribution in [3.05, 3.63) is 46.6 Å². The number of rotatable bonds is 1. The SMILES string of the molecule is Cn1nc(-c2ccc(Cl)cc2)c2c3c(cnc21)C(=O)NC3=O. The van der Waals surface area contributed by atoms with Crippen LogP contribution in [0.5, 0.6) is 0 Å². The summed E-state index contributed by atoms with van der Waals surface area (Å²) < 4.78 is 1.59. The van der Waals surface area contributed by atoms with Crippen molar-refractivity contribution in [1.82, 2.24) is 20.1 Å². The van der Waals surface area contributed by atoms with Crippen molar-refractivity contribution in [2.24, 2.45) is 7.05 Å². The highest BCUT2D eigenvalue weighted by molar-refractivity contribution is 6.30. The van der Waals surface area contributed by atoms with Crippen LogP contribution in [0.25, 0.3) is 22.3 Å². The van der Waals surface area contributed by atoms with Gasteiger partial charge in [0.2, 0.25) is 0 Å². The Morgan fingerprint density at radius 2 is 1.86 bits per heavy atom. The number of fused-ring (bicyclic) bond motifs is 3. The van der Waals surface area contributed by atoms with Crippen LogP contribution < -0.4 is 5.32 Å². The van der Waals surface area contributed by atoms with Crippen LogP contribution in [-0.4, -0.2) is 26.6 Å². The van der Waals surface area contributed by atoms with E-state index in [0.717, 1.165) is 5.56 Å². The molecule has 0 spiro atoms. The van der Waals surface area contributed by atoms with Gasteiger partial charge in [0, 0.05) is 23.8 Å². The van der Waals surface area contributed by atoms with E-state index >= 15 is 0 Å². The number of hydrogen-bond donors (Lipinski definition) is 1. The maximum Gasteiger partial charge on any atom is 0.260 e. The lowest BCUT2D eigenvalue weighted by atomic mass is 10.0. The minimum Gasteiger partial charge on any atom is -0.288 e. The molecule has 1 aliphatic heterocycles. The number of amides is 2. The van der Waals surface area contributed by atoms with Gasteiger partial charge in [-0.1, -0.05) is 23.7 Å². The number of pyridine rings is 1. The van der Waals surface area contributed by atoms with E-state index in [-0.39, 0.29) is 5.56 Å². The molecule has 0 radical (unpaired) electrons. The van der Waals surface area contributed by atoms with Crippen molar-refractivity contribution in [1.29, 1.82) is 0 Å². The van der Waals surface area contributed by atoms with Gasteiger partial charge >= 0.3 is 0 Å². The van der Waals surface area contributed by atoms with Crippen LogP contribution in [0.15, 0.2) is 30.5 Å². The van der Waals surface area contributed by atoms with Gasteiger partial charge in [0.1, 0.15) is 5.69 Å². The fourth-order valence-corrected chi connectivity index (χ4v) is 2.80. The first kappa shape index (κ1) is 13.0. The third kappa shape index (κ3) is 1.67. The summed E-state index contributed by atoms with van der Waals surface area (Å²) in [5.41, 5.74) is 2.56. The molecule has 0 aliphatic carbocycles.